The van der Waals surface area contributed by atoms with Crippen LogP contribution in [0.15, 0.2) is 4.52 Å². The van der Waals surface area contributed by atoms with Gasteiger partial charge in [-0.2, -0.15) is 0 Å². The molecule has 1 aliphatic heterocycles. The summed E-state index contributed by atoms with van der Waals surface area (Å²) in [6, 6.07) is 0. The molecule has 1 amide bonds. The van der Waals surface area contributed by atoms with Gasteiger partial charge in [0.25, 0.3) is 0 Å². The van der Waals surface area contributed by atoms with Crippen LogP contribution in [0.3, 0.4) is 0 Å². The zero-order valence-corrected chi connectivity index (χ0v) is 10.4. The molecule has 4 nitrogen and oxygen atoms in total. The first-order chi connectivity index (χ1) is 8.18. The maximum atomic E-state index is 11.9. The third-order valence-electron chi connectivity index (χ3n) is 3.56. The van der Waals surface area contributed by atoms with E-state index in [1.165, 1.54) is 12.8 Å². The molecular weight excluding hydrogens is 216 g/mol. The largest absolute Gasteiger partial charge is 0.359 e. The van der Waals surface area contributed by atoms with Crippen LogP contribution in [0, 0.1) is 0 Å². The third kappa shape index (κ3) is 1.75. The summed E-state index contributed by atoms with van der Waals surface area (Å²) in [4.78, 5) is 13.8. The molecule has 2 aliphatic rings. The molecule has 1 aromatic rings. The molecule has 1 aliphatic carbocycles. The van der Waals surface area contributed by atoms with Crippen molar-refractivity contribution in [2.45, 2.75) is 51.4 Å². The van der Waals surface area contributed by atoms with Crippen molar-refractivity contribution in [3.63, 3.8) is 0 Å². The predicted molar refractivity (Wildman–Crippen MR) is 64.2 cm³/mol. The second-order valence-electron chi connectivity index (χ2n) is 5.36. The van der Waals surface area contributed by atoms with Crippen LogP contribution in [0.1, 0.15) is 62.8 Å². The number of anilines is 1. The maximum absolute atomic E-state index is 11.9. The van der Waals surface area contributed by atoms with Crippen molar-refractivity contribution in [3.8, 4) is 0 Å². The lowest BCUT2D eigenvalue weighted by atomic mass is 10.1. The second kappa shape index (κ2) is 3.86. The van der Waals surface area contributed by atoms with Crippen molar-refractivity contribution in [2.75, 3.05) is 11.4 Å². The van der Waals surface area contributed by atoms with E-state index in [1.807, 2.05) is 4.90 Å². The molecule has 0 N–H and O–H groups in total. The molecule has 92 valence electrons. The van der Waals surface area contributed by atoms with Gasteiger partial charge < -0.3 is 9.42 Å². The fourth-order valence-corrected chi connectivity index (χ4v) is 2.46. The number of hydrogen-bond acceptors (Lipinski definition) is 3. The van der Waals surface area contributed by atoms with Crippen LogP contribution in [-0.4, -0.2) is 17.6 Å². The monoisotopic (exact) mass is 234 g/mol. The van der Waals surface area contributed by atoms with Gasteiger partial charge in [0.1, 0.15) is 11.4 Å². The van der Waals surface area contributed by atoms with Crippen LogP contribution in [0.25, 0.3) is 0 Å². The summed E-state index contributed by atoms with van der Waals surface area (Å²) in [6.07, 6.45) is 3.95. The highest BCUT2D eigenvalue weighted by molar-refractivity contribution is 5.96. The zero-order chi connectivity index (χ0) is 12.0. The minimum Gasteiger partial charge on any atom is -0.359 e. The molecule has 0 atom stereocenters. The molecule has 0 bridgehead atoms. The fraction of sp³-hybridized carbons (Fsp3) is 0.692. The highest BCUT2D eigenvalue weighted by atomic mass is 16.5. The molecule has 2 fully saturated rings. The summed E-state index contributed by atoms with van der Waals surface area (Å²) in [5.74, 6) is 1.97. The van der Waals surface area contributed by atoms with Gasteiger partial charge in [0.15, 0.2) is 5.76 Å². The van der Waals surface area contributed by atoms with Crippen LogP contribution in [0.4, 0.5) is 5.69 Å². The number of amides is 1. The highest BCUT2D eigenvalue weighted by Crippen LogP contribution is 2.47. The zero-order valence-electron chi connectivity index (χ0n) is 10.4. The Morgan fingerprint density at radius 2 is 2.18 bits per heavy atom. The van der Waals surface area contributed by atoms with Gasteiger partial charge in [0.2, 0.25) is 5.91 Å². The van der Waals surface area contributed by atoms with E-state index in [1.54, 1.807) is 0 Å². The molecule has 0 unspecified atom stereocenters. The molecule has 3 rings (SSSR count). The average Bonchev–Trinajstić information content (AvgIpc) is 2.89. The van der Waals surface area contributed by atoms with Crippen LogP contribution in [0.5, 0.6) is 0 Å². The Balaban J connectivity index is 2.04. The molecule has 0 aromatic carbocycles. The number of carbonyl (C=O) groups excluding carboxylic acids is 1. The van der Waals surface area contributed by atoms with Crippen LogP contribution in [0.2, 0.25) is 0 Å². The van der Waals surface area contributed by atoms with Gasteiger partial charge in [-0.05, 0) is 19.3 Å². The lowest BCUT2D eigenvalue weighted by Crippen LogP contribution is -2.25. The predicted octanol–water partition coefficient (Wildman–Crippen LogP) is 2.80. The summed E-state index contributed by atoms with van der Waals surface area (Å²) in [7, 11) is 0. The number of aromatic nitrogens is 1. The van der Waals surface area contributed by atoms with Crippen molar-refractivity contribution < 1.29 is 9.32 Å². The summed E-state index contributed by atoms with van der Waals surface area (Å²) in [6.45, 7) is 5.01. The van der Waals surface area contributed by atoms with Gasteiger partial charge in [-0.25, -0.2) is 0 Å². The molecule has 2 heterocycles. The Hall–Kier alpha value is -1.32. The van der Waals surface area contributed by atoms with Gasteiger partial charge >= 0.3 is 0 Å². The molecule has 1 aromatic heterocycles. The second-order valence-corrected chi connectivity index (χ2v) is 5.36. The van der Waals surface area contributed by atoms with Gasteiger partial charge in [-0.3, -0.25) is 4.79 Å². The maximum Gasteiger partial charge on any atom is 0.227 e. The normalized spacial score (nSPS) is 20.6. The Morgan fingerprint density at radius 1 is 1.41 bits per heavy atom. The molecular formula is C13H18N2O2. The van der Waals surface area contributed by atoms with Crippen LogP contribution in [-0.2, 0) is 4.79 Å². The summed E-state index contributed by atoms with van der Waals surface area (Å²) < 4.78 is 5.50. The van der Waals surface area contributed by atoms with E-state index in [9.17, 15) is 4.79 Å². The summed E-state index contributed by atoms with van der Waals surface area (Å²) in [5.41, 5.74) is 1.94. The van der Waals surface area contributed by atoms with E-state index >= 15 is 0 Å². The van der Waals surface area contributed by atoms with E-state index in [0.29, 0.717) is 18.3 Å². The van der Waals surface area contributed by atoms with Crippen LogP contribution >= 0.6 is 0 Å². The van der Waals surface area contributed by atoms with Gasteiger partial charge in [0, 0.05) is 24.8 Å². The lowest BCUT2D eigenvalue weighted by molar-refractivity contribution is -0.117. The SMILES string of the molecule is CC(C)c1noc(C2CC2)c1N1CCCC1=O. The van der Waals surface area contributed by atoms with Crippen molar-refractivity contribution >= 4 is 11.6 Å². The van der Waals surface area contributed by atoms with E-state index in [-0.39, 0.29) is 5.91 Å². The number of rotatable bonds is 3. The first-order valence-electron chi connectivity index (χ1n) is 6.48. The van der Waals surface area contributed by atoms with Crippen molar-refractivity contribution in [2.24, 2.45) is 0 Å². The van der Waals surface area contributed by atoms with Crippen molar-refractivity contribution in [1.82, 2.24) is 5.16 Å². The summed E-state index contributed by atoms with van der Waals surface area (Å²) >= 11 is 0. The number of hydrogen-bond donors (Lipinski definition) is 0. The first-order valence-corrected chi connectivity index (χ1v) is 6.48. The topological polar surface area (TPSA) is 46.3 Å². The molecule has 0 radical (unpaired) electrons. The first kappa shape index (κ1) is 10.8. The minimum atomic E-state index is 0.219. The van der Waals surface area contributed by atoms with E-state index in [4.69, 9.17) is 4.52 Å². The van der Waals surface area contributed by atoms with E-state index in [0.717, 1.165) is 30.1 Å². The minimum absolute atomic E-state index is 0.219. The van der Waals surface area contributed by atoms with Crippen molar-refractivity contribution in [1.29, 1.82) is 0 Å². The highest BCUT2D eigenvalue weighted by Gasteiger charge is 2.37. The summed E-state index contributed by atoms with van der Waals surface area (Å²) in [5, 5.41) is 4.19. The van der Waals surface area contributed by atoms with E-state index < -0.39 is 0 Å². The molecule has 17 heavy (non-hydrogen) atoms. The molecule has 1 saturated carbocycles. The number of carbonyl (C=O) groups is 1. The van der Waals surface area contributed by atoms with Gasteiger partial charge in [-0.1, -0.05) is 19.0 Å². The third-order valence-corrected chi connectivity index (χ3v) is 3.56. The number of nitrogens with zero attached hydrogens (tertiary/aromatic N) is 2. The Labute approximate surface area is 101 Å². The molecule has 4 heteroatoms. The smallest absolute Gasteiger partial charge is 0.227 e. The lowest BCUT2D eigenvalue weighted by Gasteiger charge is -2.17. The fourth-order valence-electron chi connectivity index (χ4n) is 2.46. The Morgan fingerprint density at radius 3 is 2.71 bits per heavy atom. The van der Waals surface area contributed by atoms with Crippen molar-refractivity contribution in [3.05, 3.63) is 11.5 Å². The quantitative estimate of drug-likeness (QED) is 0.807. The molecule has 0 spiro atoms. The Bertz CT molecular complexity index is 427. The van der Waals surface area contributed by atoms with E-state index in [2.05, 4.69) is 19.0 Å². The molecule has 1 saturated heterocycles. The van der Waals surface area contributed by atoms with Gasteiger partial charge in [0.05, 0.1) is 0 Å². The average molecular weight is 234 g/mol. The van der Waals surface area contributed by atoms with Crippen LogP contribution < -0.4 is 4.90 Å². The van der Waals surface area contributed by atoms with Gasteiger partial charge in [-0.15, -0.1) is 0 Å². The standard InChI is InChI=1S/C13H18N2O2/c1-8(2)11-12(15-7-3-4-10(15)16)13(17-14-11)9-5-6-9/h8-9H,3-7H2,1-2H3. The Kier molecular flexibility index (Phi) is 2.45.